The Morgan fingerprint density at radius 2 is 2.08 bits per heavy atom. The van der Waals surface area contributed by atoms with Crippen molar-refractivity contribution in [3.8, 4) is 0 Å². The molecule has 0 spiro atoms. The number of carbonyl (C=O) groups excluding carboxylic acids is 1. The number of esters is 1. The Balaban J connectivity index is 4.05. The van der Waals surface area contributed by atoms with Gasteiger partial charge in [0.1, 0.15) is 10.9 Å². The second-order valence-corrected chi connectivity index (χ2v) is 4.08. The number of likely N-dealkylation sites (N-methyl/N-ethyl adjacent to an activating group) is 1. The lowest BCUT2D eigenvalue weighted by Gasteiger charge is -2.18. The average molecular weight is 228 g/mol. The number of rotatable bonds is 5. The number of nitrogens with one attached hydrogen (secondary N) is 1. The van der Waals surface area contributed by atoms with Gasteiger partial charge in [-0.15, -0.1) is 23.2 Å². The van der Waals surface area contributed by atoms with Crippen molar-refractivity contribution in [2.45, 2.75) is 24.2 Å². The number of ether oxygens (including phenoxy) is 1. The summed E-state index contributed by atoms with van der Waals surface area (Å²) < 4.78 is 4.60. The van der Waals surface area contributed by atoms with Crippen molar-refractivity contribution in [1.82, 2.24) is 5.32 Å². The molecule has 0 aromatic rings. The normalized spacial score (nSPS) is 15.5. The van der Waals surface area contributed by atoms with Crippen LogP contribution in [0, 0.1) is 5.92 Å². The van der Waals surface area contributed by atoms with E-state index in [0.717, 1.165) is 0 Å². The van der Waals surface area contributed by atoms with Crippen LogP contribution in [0.1, 0.15) is 13.3 Å². The molecule has 78 valence electrons. The second-order valence-electron chi connectivity index (χ2n) is 2.91. The Labute approximate surface area is 88.7 Å². The molecule has 0 aliphatic carbocycles. The molecule has 0 saturated heterocycles. The van der Waals surface area contributed by atoms with E-state index >= 15 is 0 Å². The van der Waals surface area contributed by atoms with Gasteiger partial charge >= 0.3 is 5.97 Å². The van der Waals surface area contributed by atoms with Crippen LogP contribution in [-0.2, 0) is 9.53 Å². The molecule has 0 unspecified atom stereocenters. The summed E-state index contributed by atoms with van der Waals surface area (Å²) in [5.41, 5.74) is 0. The minimum absolute atomic E-state index is 0.0554. The molecular formula is C8H15Cl2NO2. The molecule has 1 N–H and O–H groups in total. The zero-order chi connectivity index (χ0) is 10.4. The lowest BCUT2D eigenvalue weighted by atomic mass is 10.0. The van der Waals surface area contributed by atoms with Gasteiger partial charge in [0, 0.05) is 0 Å². The Hall–Kier alpha value is 0.01000. The van der Waals surface area contributed by atoms with E-state index < -0.39 is 4.84 Å². The van der Waals surface area contributed by atoms with E-state index in [1.54, 1.807) is 7.05 Å². The molecule has 0 aliphatic heterocycles. The highest BCUT2D eigenvalue weighted by molar-refractivity contribution is 6.44. The highest BCUT2D eigenvalue weighted by Crippen LogP contribution is 2.19. The van der Waals surface area contributed by atoms with Crippen molar-refractivity contribution in [3.63, 3.8) is 0 Å². The molecule has 13 heavy (non-hydrogen) atoms. The summed E-state index contributed by atoms with van der Waals surface area (Å²) in [6.07, 6.45) is 0.570. The Bertz CT molecular complexity index is 164. The van der Waals surface area contributed by atoms with E-state index in [-0.39, 0.29) is 17.9 Å². The fraction of sp³-hybridized carbons (Fsp3) is 0.875. The van der Waals surface area contributed by atoms with Crippen LogP contribution in [0.2, 0.25) is 0 Å². The monoisotopic (exact) mass is 227 g/mol. The van der Waals surface area contributed by atoms with Gasteiger partial charge in [-0.25, -0.2) is 0 Å². The van der Waals surface area contributed by atoms with Gasteiger partial charge in [-0.2, -0.15) is 0 Å². The van der Waals surface area contributed by atoms with Crippen molar-refractivity contribution < 1.29 is 9.53 Å². The third-order valence-corrected chi connectivity index (χ3v) is 2.73. The van der Waals surface area contributed by atoms with Crippen molar-refractivity contribution >= 4 is 29.2 Å². The van der Waals surface area contributed by atoms with Gasteiger partial charge in [-0.1, -0.05) is 6.92 Å². The highest BCUT2D eigenvalue weighted by Gasteiger charge is 2.22. The number of hydrogen-bond acceptors (Lipinski definition) is 3. The van der Waals surface area contributed by atoms with Crippen molar-refractivity contribution in [3.05, 3.63) is 0 Å². The number of hydrogen-bond donors (Lipinski definition) is 1. The highest BCUT2D eigenvalue weighted by atomic mass is 35.5. The van der Waals surface area contributed by atoms with Gasteiger partial charge in [0.2, 0.25) is 0 Å². The first-order valence-corrected chi connectivity index (χ1v) is 4.93. The van der Waals surface area contributed by atoms with Gasteiger partial charge in [0.05, 0.1) is 7.11 Å². The van der Waals surface area contributed by atoms with Crippen LogP contribution in [0.3, 0.4) is 0 Å². The average Bonchev–Trinajstić information content (AvgIpc) is 2.12. The predicted molar refractivity (Wildman–Crippen MR) is 54.1 cm³/mol. The molecule has 0 aromatic carbocycles. The van der Waals surface area contributed by atoms with Gasteiger partial charge in [0.25, 0.3) is 0 Å². The number of carbonyl (C=O) groups is 1. The fourth-order valence-corrected chi connectivity index (χ4v) is 1.15. The topological polar surface area (TPSA) is 38.3 Å². The van der Waals surface area contributed by atoms with E-state index in [4.69, 9.17) is 23.2 Å². The first kappa shape index (κ1) is 13.0. The minimum atomic E-state index is -0.458. The summed E-state index contributed by atoms with van der Waals surface area (Å²) in [5.74, 6) is -0.233. The third-order valence-electron chi connectivity index (χ3n) is 1.87. The molecule has 2 atom stereocenters. The van der Waals surface area contributed by atoms with Crippen molar-refractivity contribution in [1.29, 1.82) is 0 Å². The van der Waals surface area contributed by atoms with Crippen LogP contribution in [0.25, 0.3) is 0 Å². The van der Waals surface area contributed by atoms with Gasteiger partial charge < -0.3 is 10.1 Å². The zero-order valence-electron chi connectivity index (χ0n) is 8.01. The third kappa shape index (κ3) is 4.69. The summed E-state index contributed by atoms with van der Waals surface area (Å²) in [6, 6.07) is -0.333. The lowest BCUT2D eigenvalue weighted by Crippen LogP contribution is -2.37. The molecule has 0 radical (unpaired) electrons. The van der Waals surface area contributed by atoms with E-state index in [9.17, 15) is 4.79 Å². The van der Waals surface area contributed by atoms with Gasteiger partial charge in [-0.05, 0) is 19.4 Å². The summed E-state index contributed by atoms with van der Waals surface area (Å²) in [6.45, 7) is 1.89. The van der Waals surface area contributed by atoms with E-state index in [0.29, 0.717) is 6.42 Å². The van der Waals surface area contributed by atoms with Crippen LogP contribution in [0.15, 0.2) is 0 Å². The van der Waals surface area contributed by atoms with E-state index in [1.165, 1.54) is 7.11 Å². The second kappa shape index (κ2) is 6.46. The van der Waals surface area contributed by atoms with Gasteiger partial charge in [-0.3, -0.25) is 4.79 Å². The maximum absolute atomic E-state index is 11.1. The SMILES string of the molecule is CN[C@@H](C[C@H](C)C(Cl)Cl)C(=O)OC. The maximum atomic E-state index is 11.1. The standard InChI is InChI=1S/C8H15Cl2NO2/c1-5(7(9)10)4-6(11-2)8(12)13-3/h5-7,11H,4H2,1-3H3/t5-,6-/m0/s1. The van der Waals surface area contributed by atoms with Crippen molar-refractivity contribution in [2.24, 2.45) is 5.92 Å². The Morgan fingerprint density at radius 1 is 1.54 bits per heavy atom. The number of methoxy groups -OCH3 is 1. The number of alkyl halides is 2. The molecule has 0 fully saturated rings. The zero-order valence-corrected chi connectivity index (χ0v) is 9.52. The molecule has 0 aromatic heterocycles. The Morgan fingerprint density at radius 3 is 2.38 bits per heavy atom. The molecule has 0 saturated carbocycles. The molecule has 0 bridgehead atoms. The fourth-order valence-electron chi connectivity index (χ4n) is 0.949. The summed E-state index contributed by atoms with van der Waals surface area (Å²) in [4.78, 5) is 10.7. The van der Waals surface area contributed by atoms with Crippen LogP contribution in [0.5, 0.6) is 0 Å². The van der Waals surface area contributed by atoms with E-state index in [2.05, 4.69) is 10.1 Å². The lowest BCUT2D eigenvalue weighted by molar-refractivity contribution is -0.143. The summed E-state index contributed by atoms with van der Waals surface area (Å²) in [7, 11) is 3.06. The first-order chi connectivity index (χ1) is 6.02. The minimum Gasteiger partial charge on any atom is -0.468 e. The molecule has 0 heterocycles. The molecule has 0 rings (SSSR count). The maximum Gasteiger partial charge on any atom is 0.322 e. The molecule has 5 heteroatoms. The molecule has 3 nitrogen and oxygen atoms in total. The van der Waals surface area contributed by atoms with Gasteiger partial charge in [0.15, 0.2) is 0 Å². The molecule has 0 aliphatic rings. The summed E-state index contributed by atoms with van der Waals surface area (Å²) >= 11 is 11.3. The molecule has 0 amide bonds. The Kier molecular flexibility index (Phi) is 6.47. The largest absolute Gasteiger partial charge is 0.468 e. The number of halogens is 2. The summed E-state index contributed by atoms with van der Waals surface area (Å²) in [5, 5.41) is 2.85. The first-order valence-electron chi connectivity index (χ1n) is 4.06. The van der Waals surface area contributed by atoms with Crippen LogP contribution < -0.4 is 5.32 Å². The molecular weight excluding hydrogens is 213 g/mol. The van der Waals surface area contributed by atoms with Crippen LogP contribution in [-0.4, -0.2) is 31.0 Å². The van der Waals surface area contributed by atoms with Crippen LogP contribution >= 0.6 is 23.2 Å². The van der Waals surface area contributed by atoms with Crippen LogP contribution in [0.4, 0.5) is 0 Å². The predicted octanol–water partition coefficient (Wildman–Crippen LogP) is 1.58. The quantitative estimate of drug-likeness (QED) is 0.573. The van der Waals surface area contributed by atoms with E-state index in [1.807, 2.05) is 6.92 Å². The van der Waals surface area contributed by atoms with Crippen molar-refractivity contribution in [2.75, 3.05) is 14.2 Å². The smallest absolute Gasteiger partial charge is 0.322 e.